The molecule has 1 rings (SSSR count). The smallest absolute Gasteiger partial charge is 0.159 e. The molecule has 0 aliphatic heterocycles. The number of allylic oxidation sites excluding steroid dienone is 2. The Morgan fingerprint density at radius 1 is 1.29 bits per heavy atom. The largest absolute Gasteiger partial charge is 0.294 e. The molecule has 14 heavy (non-hydrogen) atoms. The van der Waals surface area contributed by atoms with Crippen LogP contribution in [0.3, 0.4) is 0 Å². The first kappa shape index (κ1) is 10.6. The molecule has 1 aromatic carbocycles. The Hall–Kier alpha value is -1.44. The molecule has 0 bridgehead atoms. The van der Waals surface area contributed by atoms with E-state index in [4.69, 9.17) is 0 Å². The zero-order valence-electron chi connectivity index (χ0n) is 8.38. The van der Waals surface area contributed by atoms with Crippen molar-refractivity contribution >= 4 is 5.78 Å². The maximum Gasteiger partial charge on any atom is 0.159 e. The highest BCUT2D eigenvalue weighted by molar-refractivity contribution is 5.91. The van der Waals surface area contributed by atoms with Gasteiger partial charge in [0.1, 0.15) is 5.82 Å². The summed E-state index contributed by atoms with van der Waals surface area (Å²) in [6, 6.07) is 5.99. The Kier molecular flexibility index (Phi) is 3.57. The second-order valence-electron chi connectivity index (χ2n) is 3.49. The third-order valence-corrected chi connectivity index (χ3v) is 1.74. The van der Waals surface area contributed by atoms with Gasteiger partial charge >= 0.3 is 0 Å². The third kappa shape index (κ3) is 3.52. The van der Waals surface area contributed by atoms with Crippen molar-refractivity contribution in [3.63, 3.8) is 0 Å². The summed E-state index contributed by atoms with van der Waals surface area (Å²) in [7, 11) is 0. The molecule has 0 fully saturated rings. The molecular weight excluding hydrogens is 179 g/mol. The Labute approximate surface area is 83.3 Å². The number of carbonyl (C=O) groups excluding carboxylic acids is 1. The number of hydrogen-bond acceptors (Lipinski definition) is 1. The van der Waals surface area contributed by atoms with E-state index in [9.17, 15) is 9.18 Å². The molecule has 0 amide bonds. The van der Waals surface area contributed by atoms with E-state index < -0.39 is 0 Å². The van der Waals surface area contributed by atoms with Crippen LogP contribution in [0.5, 0.6) is 0 Å². The maximum absolute atomic E-state index is 12.5. The zero-order chi connectivity index (χ0) is 10.6. The third-order valence-electron chi connectivity index (χ3n) is 1.74. The quantitative estimate of drug-likeness (QED) is 0.673. The van der Waals surface area contributed by atoms with Gasteiger partial charge in [-0.15, -0.1) is 0 Å². The molecule has 1 nitrogen and oxygen atoms in total. The lowest BCUT2D eigenvalue weighted by molar-refractivity contribution is -0.114. The van der Waals surface area contributed by atoms with Gasteiger partial charge in [0.05, 0.1) is 0 Å². The van der Waals surface area contributed by atoms with E-state index in [-0.39, 0.29) is 11.6 Å². The van der Waals surface area contributed by atoms with Gasteiger partial charge in [-0.05, 0) is 37.6 Å². The zero-order valence-corrected chi connectivity index (χ0v) is 8.38. The molecule has 2 heteroatoms. The fourth-order valence-corrected chi connectivity index (χ4v) is 1.18. The molecule has 0 radical (unpaired) electrons. The lowest BCUT2D eigenvalue weighted by Gasteiger charge is -1.97. The molecule has 0 aromatic heterocycles. The minimum atomic E-state index is -0.275. The molecule has 0 N–H and O–H groups in total. The highest BCUT2D eigenvalue weighted by atomic mass is 19.1. The molecule has 0 heterocycles. The fraction of sp³-hybridized carbons (Fsp3) is 0.250. The van der Waals surface area contributed by atoms with Gasteiger partial charge in [-0.3, -0.25) is 4.79 Å². The van der Waals surface area contributed by atoms with Gasteiger partial charge in [0.2, 0.25) is 0 Å². The second-order valence-corrected chi connectivity index (χ2v) is 3.49. The van der Waals surface area contributed by atoms with Gasteiger partial charge in [0.25, 0.3) is 0 Å². The molecule has 0 aliphatic rings. The summed E-state index contributed by atoms with van der Waals surface area (Å²) in [6.07, 6.45) is 1.94. The van der Waals surface area contributed by atoms with Crippen LogP contribution in [-0.2, 0) is 11.2 Å². The van der Waals surface area contributed by atoms with Crippen LogP contribution in [0, 0.1) is 5.82 Å². The van der Waals surface area contributed by atoms with Crippen molar-refractivity contribution < 1.29 is 9.18 Å². The number of ketones is 1. The lowest BCUT2D eigenvalue weighted by Crippen LogP contribution is -1.99. The number of carbonyl (C=O) groups is 1. The van der Waals surface area contributed by atoms with Crippen LogP contribution in [0.15, 0.2) is 35.9 Å². The van der Waals surface area contributed by atoms with Crippen LogP contribution in [0.2, 0.25) is 0 Å². The summed E-state index contributed by atoms with van der Waals surface area (Å²) >= 11 is 0. The van der Waals surface area contributed by atoms with E-state index in [0.29, 0.717) is 6.42 Å². The predicted octanol–water partition coefficient (Wildman–Crippen LogP) is 2.90. The van der Waals surface area contributed by atoms with Crippen molar-refractivity contribution in [1.29, 1.82) is 0 Å². The number of halogens is 1. The molecule has 74 valence electrons. The van der Waals surface area contributed by atoms with Gasteiger partial charge in [-0.25, -0.2) is 4.39 Å². The van der Waals surface area contributed by atoms with Crippen LogP contribution in [-0.4, -0.2) is 5.78 Å². The Balaban J connectivity index is 2.66. The fourth-order valence-electron chi connectivity index (χ4n) is 1.18. The van der Waals surface area contributed by atoms with Gasteiger partial charge in [0.15, 0.2) is 5.78 Å². The summed E-state index contributed by atoms with van der Waals surface area (Å²) in [5.41, 5.74) is 1.83. The minimum Gasteiger partial charge on any atom is -0.294 e. The minimum absolute atomic E-state index is 0.0524. The van der Waals surface area contributed by atoms with E-state index in [2.05, 4.69) is 0 Å². The summed E-state index contributed by atoms with van der Waals surface area (Å²) in [6.45, 7) is 3.76. The van der Waals surface area contributed by atoms with Crippen molar-refractivity contribution in [3.05, 3.63) is 47.3 Å². The average molecular weight is 192 g/mol. The first-order valence-corrected chi connectivity index (χ1v) is 4.50. The lowest BCUT2D eigenvalue weighted by atomic mass is 10.1. The number of rotatable bonds is 3. The normalized spacial score (nSPS) is 9.64. The van der Waals surface area contributed by atoms with E-state index in [1.54, 1.807) is 18.2 Å². The highest BCUT2D eigenvalue weighted by Crippen LogP contribution is 2.04. The molecule has 0 aliphatic carbocycles. The molecule has 0 saturated heterocycles. The first-order chi connectivity index (χ1) is 6.58. The summed E-state index contributed by atoms with van der Waals surface area (Å²) in [5.74, 6) is -0.222. The Bertz CT molecular complexity index is 345. The van der Waals surface area contributed by atoms with Crippen LogP contribution in [0.1, 0.15) is 19.4 Å². The van der Waals surface area contributed by atoms with E-state index >= 15 is 0 Å². The van der Waals surface area contributed by atoms with Crippen molar-refractivity contribution in [2.75, 3.05) is 0 Å². The van der Waals surface area contributed by atoms with Crippen LogP contribution in [0.4, 0.5) is 4.39 Å². The van der Waals surface area contributed by atoms with Gasteiger partial charge in [-0.2, -0.15) is 0 Å². The van der Waals surface area contributed by atoms with E-state index in [0.717, 1.165) is 11.1 Å². The van der Waals surface area contributed by atoms with Crippen LogP contribution >= 0.6 is 0 Å². The van der Waals surface area contributed by atoms with Gasteiger partial charge in [-0.1, -0.05) is 17.7 Å². The van der Waals surface area contributed by atoms with Crippen molar-refractivity contribution in [2.45, 2.75) is 20.3 Å². The molecule has 0 spiro atoms. The molecule has 1 aromatic rings. The number of benzene rings is 1. The molecule has 0 atom stereocenters. The average Bonchev–Trinajstić information content (AvgIpc) is 2.07. The van der Waals surface area contributed by atoms with Crippen molar-refractivity contribution in [2.24, 2.45) is 0 Å². The van der Waals surface area contributed by atoms with Gasteiger partial charge in [0, 0.05) is 6.42 Å². The monoisotopic (exact) mass is 192 g/mol. The first-order valence-electron chi connectivity index (χ1n) is 4.50. The van der Waals surface area contributed by atoms with E-state index in [1.807, 2.05) is 13.8 Å². The van der Waals surface area contributed by atoms with Crippen molar-refractivity contribution in [3.8, 4) is 0 Å². The summed E-state index contributed by atoms with van der Waals surface area (Å²) in [4.78, 5) is 11.3. The van der Waals surface area contributed by atoms with Gasteiger partial charge < -0.3 is 0 Å². The molecule has 0 unspecified atom stereocenters. The second kappa shape index (κ2) is 4.70. The van der Waals surface area contributed by atoms with Crippen molar-refractivity contribution in [1.82, 2.24) is 0 Å². The maximum atomic E-state index is 12.5. The number of hydrogen-bond donors (Lipinski definition) is 0. The standard InChI is InChI=1S/C12H13FO/c1-9(2)7-12(14)8-10-3-5-11(13)6-4-10/h3-7H,8H2,1-2H3. The molecular formula is C12H13FO. The highest BCUT2D eigenvalue weighted by Gasteiger charge is 2.00. The Morgan fingerprint density at radius 2 is 1.86 bits per heavy atom. The Morgan fingerprint density at radius 3 is 2.36 bits per heavy atom. The SMILES string of the molecule is CC(C)=CC(=O)Cc1ccc(F)cc1. The van der Waals surface area contributed by atoms with E-state index in [1.165, 1.54) is 12.1 Å². The van der Waals surface area contributed by atoms with Crippen LogP contribution < -0.4 is 0 Å². The summed E-state index contributed by atoms with van der Waals surface area (Å²) in [5, 5.41) is 0. The topological polar surface area (TPSA) is 17.1 Å². The predicted molar refractivity (Wildman–Crippen MR) is 54.5 cm³/mol. The molecule has 0 saturated carbocycles. The summed E-state index contributed by atoms with van der Waals surface area (Å²) < 4.78 is 12.5. The van der Waals surface area contributed by atoms with Crippen LogP contribution in [0.25, 0.3) is 0 Å².